The lowest BCUT2D eigenvalue weighted by molar-refractivity contribution is 0.283. The average molecular weight is 272 g/mol. The predicted molar refractivity (Wildman–Crippen MR) is 80.4 cm³/mol. The van der Waals surface area contributed by atoms with E-state index in [1.54, 1.807) is 0 Å². The molecular formula is C17H24N2O. The Morgan fingerprint density at radius 3 is 3.00 bits per heavy atom. The monoisotopic (exact) mass is 272 g/mol. The van der Waals surface area contributed by atoms with Gasteiger partial charge in [0.15, 0.2) is 0 Å². The van der Waals surface area contributed by atoms with E-state index in [0.717, 1.165) is 31.4 Å². The number of nitriles is 1. The second kappa shape index (κ2) is 6.28. The molecule has 0 amide bonds. The summed E-state index contributed by atoms with van der Waals surface area (Å²) in [6, 6.07) is 8.73. The standard InChI is InChI=1S/C17H24N2O/c1-17(2,12-18)9-4-10-20-14-8-7-13-5-3-6-16(19)15(13)11-14/h7-8,11,16H,3-6,9-10,19H2,1-2H3/t16-/m0/s1. The van der Waals surface area contributed by atoms with Crippen molar-refractivity contribution >= 4 is 0 Å². The summed E-state index contributed by atoms with van der Waals surface area (Å²) < 4.78 is 5.80. The van der Waals surface area contributed by atoms with Gasteiger partial charge in [0.25, 0.3) is 0 Å². The van der Waals surface area contributed by atoms with Crippen LogP contribution in [0.15, 0.2) is 18.2 Å². The minimum atomic E-state index is -0.262. The summed E-state index contributed by atoms with van der Waals surface area (Å²) in [6.45, 7) is 4.58. The van der Waals surface area contributed by atoms with E-state index in [1.165, 1.54) is 17.5 Å². The maximum atomic E-state index is 8.97. The van der Waals surface area contributed by atoms with Gasteiger partial charge in [-0.3, -0.25) is 0 Å². The summed E-state index contributed by atoms with van der Waals surface area (Å²) in [5.41, 5.74) is 8.50. The molecule has 0 heterocycles. The van der Waals surface area contributed by atoms with Crippen LogP contribution < -0.4 is 10.5 Å². The molecule has 0 unspecified atom stereocenters. The first kappa shape index (κ1) is 14.9. The van der Waals surface area contributed by atoms with E-state index >= 15 is 0 Å². The number of ether oxygens (including phenoxy) is 1. The summed E-state index contributed by atoms with van der Waals surface area (Å²) in [6.07, 6.45) is 5.11. The van der Waals surface area contributed by atoms with E-state index in [-0.39, 0.29) is 11.5 Å². The van der Waals surface area contributed by atoms with Crippen LogP contribution in [0.1, 0.15) is 56.7 Å². The van der Waals surface area contributed by atoms with Crippen LogP contribution in [0.4, 0.5) is 0 Å². The van der Waals surface area contributed by atoms with E-state index in [4.69, 9.17) is 15.7 Å². The second-order valence-corrected chi connectivity index (χ2v) is 6.31. The van der Waals surface area contributed by atoms with Crippen molar-refractivity contribution in [1.82, 2.24) is 0 Å². The van der Waals surface area contributed by atoms with E-state index in [1.807, 2.05) is 19.9 Å². The van der Waals surface area contributed by atoms with Crippen molar-refractivity contribution in [1.29, 1.82) is 5.26 Å². The zero-order chi connectivity index (χ0) is 14.6. The summed E-state index contributed by atoms with van der Waals surface area (Å²) in [5.74, 6) is 0.899. The quantitative estimate of drug-likeness (QED) is 0.831. The van der Waals surface area contributed by atoms with Gasteiger partial charge < -0.3 is 10.5 Å². The topological polar surface area (TPSA) is 59.0 Å². The molecule has 3 heteroatoms. The third-order valence-corrected chi connectivity index (χ3v) is 4.00. The van der Waals surface area contributed by atoms with Gasteiger partial charge >= 0.3 is 0 Å². The van der Waals surface area contributed by atoms with E-state index < -0.39 is 0 Å². The fraction of sp³-hybridized carbons (Fsp3) is 0.588. The van der Waals surface area contributed by atoms with Crippen LogP contribution >= 0.6 is 0 Å². The molecule has 0 fully saturated rings. The molecule has 1 aromatic carbocycles. The van der Waals surface area contributed by atoms with Crippen LogP contribution in [0.25, 0.3) is 0 Å². The van der Waals surface area contributed by atoms with Gasteiger partial charge in [-0.1, -0.05) is 6.07 Å². The molecule has 0 spiro atoms. The predicted octanol–water partition coefficient (Wildman–Crippen LogP) is 3.73. The molecule has 1 atom stereocenters. The van der Waals surface area contributed by atoms with Gasteiger partial charge in [-0.2, -0.15) is 5.26 Å². The third-order valence-electron chi connectivity index (χ3n) is 4.00. The van der Waals surface area contributed by atoms with Crippen molar-refractivity contribution in [3.63, 3.8) is 0 Å². The number of nitrogens with zero attached hydrogens (tertiary/aromatic N) is 1. The van der Waals surface area contributed by atoms with Crippen molar-refractivity contribution in [2.24, 2.45) is 11.1 Å². The Balaban J connectivity index is 1.88. The molecule has 0 saturated heterocycles. The summed E-state index contributed by atoms with van der Waals surface area (Å²) in [4.78, 5) is 0. The molecule has 0 saturated carbocycles. The average Bonchev–Trinajstić information content (AvgIpc) is 2.44. The van der Waals surface area contributed by atoms with Crippen molar-refractivity contribution in [2.45, 2.75) is 52.0 Å². The fourth-order valence-corrected chi connectivity index (χ4v) is 2.66. The SMILES string of the molecule is CC(C)(C#N)CCCOc1ccc2c(c1)[C@@H](N)CCC2. The van der Waals surface area contributed by atoms with Crippen molar-refractivity contribution in [3.8, 4) is 11.8 Å². The summed E-state index contributed by atoms with van der Waals surface area (Å²) in [7, 11) is 0. The Kier molecular flexibility index (Phi) is 4.67. The zero-order valence-electron chi connectivity index (χ0n) is 12.5. The zero-order valence-corrected chi connectivity index (χ0v) is 12.5. The van der Waals surface area contributed by atoms with Crippen LogP contribution in [0.5, 0.6) is 5.75 Å². The molecule has 1 aliphatic carbocycles. The van der Waals surface area contributed by atoms with E-state index in [0.29, 0.717) is 6.61 Å². The first-order valence-electron chi connectivity index (χ1n) is 7.44. The lowest BCUT2D eigenvalue weighted by atomic mass is 9.88. The number of fused-ring (bicyclic) bond motifs is 1. The number of nitrogens with two attached hydrogens (primary N) is 1. The maximum Gasteiger partial charge on any atom is 0.119 e. The van der Waals surface area contributed by atoms with Gasteiger partial charge in [0.05, 0.1) is 18.1 Å². The van der Waals surface area contributed by atoms with Gasteiger partial charge in [0.1, 0.15) is 5.75 Å². The third kappa shape index (κ3) is 3.74. The Labute approximate surface area is 121 Å². The van der Waals surface area contributed by atoms with Gasteiger partial charge in [-0.05, 0) is 69.2 Å². The molecule has 1 aliphatic rings. The van der Waals surface area contributed by atoms with Crippen molar-refractivity contribution < 1.29 is 4.74 Å². The maximum absolute atomic E-state index is 8.97. The molecule has 2 N–H and O–H groups in total. The number of benzene rings is 1. The first-order valence-corrected chi connectivity index (χ1v) is 7.44. The summed E-state index contributed by atoms with van der Waals surface area (Å²) >= 11 is 0. The number of aryl methyl sites for hydroxylation is 1. The lowest BCUT2D eigenvalue weighted by Crippen LogP contribution is -2.17. The van der Waals surface area contributed by atoms with Crippen LogP contribution in [0.2, 0.25) is 0 Å². The lowest BCUT2D eigenvalue weighted by Gasteiger charge is -2.23. The fourth-order valence-electron chi connectivity index (χ4n) is 2.66. The van der Waals surface area contributed by atoms with Gasteiger partial charge in [0.2, 0.25) is 0 Å². The Morgan fingerprint density at radius 1 is 1.45 bits per heavy atom. The smallest absolute Gasteiger partial charge is 0.119 e. The number of rotatable bonds is 5. The number of hydrogen-bond acceptors (Lipinski definition) is 3. The minimum Gasteiger partial charge on any atom is -0.494 e. The highest BCUT2D eigenvalue weighted by molar-refractivity contribution is 5.39. The van der Waals surface area contributed by atoms with Crippen LogP contribution in [0, 0.1) is 16.7 Å². The normalized spacial score (nSPS) is 18.2. The molecule has 0 radical (unpaired) electrons. The van der Waals surface area contributed by atoms with E-state index in [2.05, 4.69) is 18.2 Å². The van der Waals surface area contributed by atoms with E-state index in [9.17, 15) is 0 Å². The second-order valence-electron chi connectivity index (χ2n) is 6.31. The molecular weight excluding hydrogens is 248 g/mol. The molecule has 108 valence electrons. The van der Waals surface area contributed by atoms with Gasteiger partial charge in [0, 0.05) is 6.04 Å². The minimum absolute atomic E-state index is 0.153. The highest BCUT2D eigenvalue weighted by Crippen LogP contribution is 2.31. The Hall–Kier alpha value is -1.53. The van der Waals surface area contributed by atoms with Crippen LogP contribution in [0.3, 0.4) is 0 Å². The van der Waals surface area contributed by atoms with Crippen LogP contribution in [-0.2, 0) is 6.42 Å². The largest absolute Gasteiger partial charge is 0.494 e. The summed E-state index contributed by atoms with van der Waals surface area (Å²) in [5, 5.41) is 8.97. The molecule has 2 rings (SSSR count). The highest BCUT2D eigenvalue weighted by Gasteiger charge is 2.18. The molecule has 1 aromatic rings. The Bertz CT molecular complexity index is 502. The van der Waals surface area contributed by atoms with Gasteiger partial charge in [-0.25, -0.2) is 0 Å². The van der Waals surface area contributed by atoms with Crippen LogP contribution in [-0.4, -0.2) is 6.61 Å². The molecule has 0 aromatic heterocycles. The number of hydrogen-bond donors (Lipinski definition) is 1. The van der Waals surface area contributed by atoms with Crippen molar-refractivity contribution in [2.75, 3.05) is 6.61 Å². The molecule has 0 aliphatic heterocycles. The molecule has 3 nitrogen and oxygen atoms in total. The van der Waals surface area contributed by atoms with Crippen molar-refractivity contribution in [3.05, 3.63) is 29.3 Å². The van der Waals surface area contributed by atoms with Gasteiger partial charge in [-0.15, -0.1) is 0 Å². The first-order chi connectivity index (χ1) is 9.52. The highest BCUT2D eigenvalue weighted by atomic mass is 16.5. The Morgan fingerprint density at radius 2 is 2.25 bits per heavy atom. The molecule has 0 bridgehead atoms. The molecule has 20 heavy (non-hydrogen) atoms.